The third kappa shape index (κ3) is 3.15. The van der Waals surface area contributed by atoms with E-state index in [1.54, 1.807) is 25.1 Å². The molecule has 2 heterocycles. The van der Waals surface area contributed by atoms with Crippen molar-refractivity contribution in [3.8, 4) is 0 Å². The minimum atomic E-state index is -0.414. The molecule has 1 aromatic carbocycles. The average molecular weight is 305 g/mol. The number of carbonyl (C=O) groups is 1. The number of hydrogen-bond donors (Lipinski definition) is 1. The van der Waals surface area contributed by atoms with Gasteiger partial charge in [0, 0.05) is 45.3 Å². The summed E-state index contributed by atoms with van der Waals surface area (Å²) in [5.74, 6) is -0.660. The lowest BCUT2D eigenvalue weighted by atomic mass is 9.99. The van der Waals surface area contributed by atoms with E-state index in [4.69, 9.17) is 0 Å². The van der Waals surface area contributed by atoms with Crippen LogP contribution in [0.5, 0.6) is 0 Å². The van der Waals surface area contributed by atoms with E-state index in [1.165, 1.54) is 6.07 Å². The Kier molecular flexibility index (Phi) is 4.74. The number of piperazine rings is 1. The molecule has 22 heavy (non-hydrogen) atoms. The number of nitrogens with one attached hydrogen (secondary N) is 1. The molecule has 1 N–H and O–H groups in total. The number of amides is 1. The first-order valence-corrected chi connectivity index (χ1v) is 8.15. The van der Waals surface area contributed by atoms with Crippen molar-refractivity contribution < 1.29 is 9.18 Å². The molecule has 2 aliphatic rings. The van der Waals surface area contributed by atoms with Crippen molar-refractivity contribution in [2.75, 3.05) is 39.3 Å². The maximum absolute atomic E-state index is 13.9. The molecule has 1 aromatic rings. The molecule has 0 aromatic heterocycles. The van der Waals surface area contributed by atoms with E-state index in [0.29, 0.717) is 11.6 Å². The molecule has 0 aliphatic carbocycles. The van der Waals surface area contributed by atoms with Crippen molar-refractivity contribution >= 4 is 5.91 Å². The highest BCUT2D eigenvalue weighted by Crippen LogP contribution is 2.24. The Morgan fingerprint density at radius 2 is 2.00 bits per heavy atom. The zero-order valence-corrected chi connectivity index (χ0v) is 13.1. The van der Waals surface area contributed by atoms with Crippen molar-refractivity contribution in [1.29, 1.82) is 0 Å². The van der Waals surface area contributed by atoms with E-state index in [2.05, 4.69) is 10.2 Å². The largest absolute Gasteiger partial charge is 0.341 e. The average Bonchev–Trinajstić information content (AvgIpc) is 3.05. The zero-order chi connectivity index (χ0) is 15.5. The van der Waals surface area contributed by atoms with Crippen molar-refractivity contribution in [3.63, 3.8) is 0 Å². The number of carbonyl (C=O) groups excluding carboxylic acids is 1. The van der Waals surface area contributed by atoms with Gasteiger partial charge in [0.1, 0.15) is 5.82 Å². The second-order valence-corrected chi connectivity index (χ2v) is 6.26. The van der Waals surface area contributed by atoms with Crippen LogP contribution in [0.4, 0.5) is 4.39 Å². The SMILES string of the molecule is CC(C(=O)N1CCC(N2CCNCC2)C1)c1ccccc1F. The lowest BCUT2D eigenvalue weighted by Crippen LogP contribution is -2.49. The summed E-state index contributed by atoms with van der Waals surface area (Å²) >= 11 is 0. The van der Waals surface area contributed by atoms with Crippen molar-refractivity contribution in [1.82, 2.24) is 15.1 Å². The van der Waals surface area contributed by atoms with E-state index in [1.807, 2.05) is 4.90 Å². The van der Waals surface area contributed by atoms with Crippen LogP contribution in [-0.2, 0) is 4.79 Å². The van der Waals surface area contributed by atoms with E-state index in [9.17, 15) is 9.18 Å². The molecule has 2 fully saturated rings. The van der Waals surface area contributed by atoms with Crippen LogP contribution in [0.1, 0.15) is 24.8 Å². The van der Waals surface area contributed by atoms with Gasteiger partial charge in [0.2, 0.25) is 5.91 Å². The topological polar surface area (TPSA) is 35.6 Å². The summed E-state index contributed by atoms with van der Waals surface area (Å²) < 4.78 is 13.9. The van der Waals surface area contributed by atoms with Crippen LogP contribution in [0.25, 0.3) is 0 Å². The molecule has 0 bridgehead atoms. The smallest absolute Gasteiger partial charge is 0.229 e. The lowest BCUT2D eigenvalue weighted by molar-refractivity contribution is -0.131. The van der Waals surface area contributed by atoms with Gasteiger partial charge < -0.3 is 10.2 Å². The fraction of sp³-hybridized carbons (Fsp3) is 0.588. The van der Waals surface area contributed by atoms with Crippen molar-refractivity contribution in [2.45, 2.75) is 25.3 Å². The summed E-state index contributed by atoms with van der Waals surface area (Å²) in [7, 11) is 0. The summed E-state index contributed by atoms with van der Waals surface area (Å²) in [6.45, 7) is 7.51. The van der Waals surface area contributed by atoms with Crippen molar-refractivity contribution in [3.05, 3.63) is 35.6 Å². The second kappa shape index (κ2) is 6.75. The number of likely N-dealkylation sites (tertiary alicyclic amines) is 1. The highest BCUT2D eigenvalue weighted by molar-refractivity contribution is 5.83. The van der Waals surface area contributed by atoms with Gasteiger partial charge in [-0.05, 0) is 25.0 Å². The molecule has 0 radical (unpaired) electrons. The van der Waals surface area contributed by atoms with Crippen LogP contribution in [-0.4, -0.2) is 61.0 Å². The molecule has 5 heteroatoms. The zero-order valence-electron chi connectivity index (χ0n) is 13.1. The van der Waals surface area contributed by atoms with Crippen LogP contribution in [0.3, 0.4) is 0 Å². The molecule has 4 nitrogen and oxygen atoms in total. The highest BCUT2D eigenvalue weighted by atomic mass is 19.1. The first kappa shape index (κ1) is 15.4. The van der Waals surface area contributed by atoms with Crippen molar-refractivity contribution in [2.24, 2.45) is 0 Å². The monoisotopic (exact) mass is 305 g/mol. The fourth-order valence-electron chi connectivity index (χ4n) is 3.52. The quantitative estimate of drug-likeness (QED) is 0.918. The molecule has 1 amide bonds. The Morgan fingerprint density at radius 3 is 2.73 bits per heavy atom. The summed E-state index contributed by atoms with van der Waals surface area (Å²) in [6, 6.07) is 7.04. The van der Waals surface area contributed by atoms with Gasteiger partial charge in [-0.2, -0.15) is 0 Å². The lowest BCUT2D eigenvalue weighted by Gasteiger charge is -2.32. The minimum absolute atomic E-state index is 0.0442. The third-order valence-corrected chi connectivity index (χ3v) is 4.89. The van der Waals surface area contributed by atoms with Crippen LogP contribution in [0, 0.1) is 5.82 Å². The maximum atomic E-state index is 13.9. The molecular formula is C17H24FN3O. The van der Waals surface area contributed by atoms with Gasteiger partial charge in [-0.1, -0.05) is 18.2 Å². The Morgan fingerprint density at radius 1 is 1.27 bits per heavy atom. The molecular weight excluding hydrogens is 281 g/mol. The van der Waals surface area contributed by atoms with E-state index in [0.717, 1.165) is 45.7 Å². The molecule has 2 unspecified atom stereocenters. The Labute approximate surface area is 131 Å². The highest BCUT2D eigenvalue weighted by Gasteiger charge is 2.33. The van der Waals surface area contributed by atoms with Gasteiger partial charge in [0.05, 0.1) is 5.92 Å². The minimum Gasteiger partial charge on any atom is -0.341 e. The summed E-state index contributed by atoms with van der Waals surface area (Å²) in [5.41, 5.74) is 0.498. The number of nitrogens with zero attached hydrogens (tertiary/aromatic N) is 2. The van der Waals surface area contributed by atoms with Gasteiger partial charge >= 0.3 is 0 Å². The molecule has 120 valence electrons. The number of rotatable bonds is 3. The Bertz CT molecular complexity index is 530. The summed E-state index contributed by atoms with van der Waals surface area (Å²) in [5, 5.41) is 3.35. The normalized spacial score (nSPS) is 24.5. The predicted octanol–water partition coefficient (Wildman–Crippen LogP) is 1.44. The number of halogens is 1. The fourth-order valence-corrected chi connectivity index (χ4v) is 3.52. The van der Waals surface area contributed by atoms with Gasteiger partial charge in [0.25, 0.3) is 0 Å². The third-order valence-electron chi connectivity index (χ3n) is 4.89. The molecule has 2 atom stereocenters. The number of benzene rings is 1. The van der Waals surface area contributed by atoms with Crippen LogP contribution < -0.4 is 5.32 Å². The first-order chi connectivity index (χ1) is 10.7. The summed E-state index contributed by atoms with van der Waals surface area (Å²) in [4.78, 5) is 17.0. The van der Waals surface area contributed by atoms with Gasteiger partial charge in [-0.3, -0.25) is 9.69 Å². The second-order valence-electron chi connectivity index (χ2n) is 6.26. The van der Waals surface area contributed by atoms with Crippen LogP contribution in [0.15, 0.2) is 24.3 Å². The van der Waals surface area contributed by atoms with E-state index in [-0.39, 0.29) is 11.7 Å². The van der Waals surface area contributed by atoms with Gasteiger partial charge in [-0.25, -0.2) is 4.39 Å². The molecule has 3 rings (SSSR count). The first-order valence-electron chi connectivity index (χ1n) is 8.15. The maximum Gasteiger partial charge on any atom is 0.229 e. The Hall–Kier alpha value is -1.46. The van der Waals surface area contributed by atoms with E-state index >= 15 is 0 Å². The van der Waals surface area contributed by atoms with Gasteiger partial charge in [-0.15, -0.1) is 0 Å². The van der Waals surface area contributed by atoms with Crippen LogP contribution in [0.2, 0.25) is 0 Å². The Balaban J connectivity index is 1.62. The number of hydrogen-bond acceptors (Lipinski definition) is 3. The molecule has 0 saturated carbocycles. The molecule has 2 aliphatic heterocycles. The predicted molar refractivity (Wildman–Crippen MR) is 84.2 cm³/mol. The van der Waals surface area contributed by atoms with Crippen LogP contribution >= 0.6 is 0 Å². The van der Waals surface area contributed by atoms with Gasteiger partial charge in [0.15, 0.2) is 0 Å². The summed E-state index contributed by atoms with van der Waals surface area (Å²) in [6.07, 6.45) is 1.02. The molecule has 2 saturated heterocycles. The standard InChI is InChI=1S/C17H24FN3O/c1-13(15-4-2-3-5-16(15)18)17(22)21-9-6-14(12-21)20-10-7-19-8-11-20/h2-5,13-14,19H,6-12H2,1H3. The van der Waals surface area contributed by atoms with E-state index < -0.39 is 5.92 Å². The molecule has 0 spiro atoms.